The van der Waals surface area contributed by atoms with E-state index in [-0.39, 0.29) is 0 Å². The minimum Gasteiger partial charge on any atom is -0.491 e. The number of nitrogens with zero attached hydrogens (tertiary/aromatic N) is 3. The second-order valence-corrected chi connectivity index (χ2v) is 5.96. The fourth-order valence-corrected chi connectivity index (χ4v) is 2.46. The smallest absolute Gasteiger partial charge is 0.394 e. The summed E-state index contributed by atoms with van der Waals surface area (Å²) in [6.45, 7) is -3.47. The number of aromatic nitrogens is 2. The van der Waals surface area contributed by atoms with Crippen LogP contribution in [0.25, 0.3) is 11.1 Å². The fourth-order valence-electron chi connectivity index (χ4n) is 2.46. The average Bonchev–Trinajstić information content (AvgIpc) is 3.05. The predicted octanol–water partition coefficient (Wildman–Crippen LogP) is 4.17. The third-order valence-electron chi connectivity index (χ3n) is 3.68. The van der Waals surface area contributed by atoms with Gasteiger partial charge >= 0.3 is 6.11 Å². The quantitative estimate of drug-likeness (QED) is 0.618. The summed E-state index contributed by atoms with van der Waals surface area (Å²) < 4.78 is 127. The van der Waals surface area contributed by atoms with Gasteiger partial charge in [-0.15, -0.1) is 0 Å². The molecule has 1 aromatic heterocycles. The van der Waals surface area contributed by atoms with Gasteiger partial charge < -0.3 is 14.4 Å². The van der Waals surface area contributed by atoms with Crippen molar-refractivity contribution in [2.45, 2.75) is 19.5 Å². The molecule has 3 aromatic rings. The van der Waals surface area contributed by atoms with Crippen LogP contribution in [0.15, 0.2) is 60.7 Å². The molecular formula is C22H19F2N3O3. The maximum atomic E-state index is 13.7. The lowest BCUT2D eigenvalue weighted by Crippen LogP contribution is -2.32. The highest BCUT2D eigenvalue weighted by Gasteiger charge is 2.25. The van der Waals surface area contributed by atoms with Crippen molar-refractivity contribution in [1.29, 1.82) is 0 Å². The maximum absolute atomic E-state index is 13.7. The SMILES string of the molecule is [2H]c1cc(-c2c([2H])c([2H])c3c(c2[2H])C(=O)N(C([2H])([2H])c2nc([2H])c([2H])c([2H])n2)CCO3)c([2H])c([2H])c1OC(C)(F)F. The summed E-state index contributed by atoms with van der Waals surface area (Å²) in [6, 6.07) is -4.82. The number of amides is 1. The number of hydrogen-bond acceptors (Lipinski definition) is 5. The lowest BCUT2D eigenvalue weighted by Gasteiger charge is -2.19. The molecule has 6 nitrogen and oxygen atoms in total. The Morgan fingerprint density at radius 1 is 1.23 bits per heavy atom. The molecule has 0 spiro atoms. The van der Waals surface area contributed by atoms with E-state index in [2.05, 4.69) is 14.7 Å². The van der Waals surface area contributed by atoms with E-state index in [9.17, 15) is 13.6 Å². The molecule has 0 saturated heterocycles. The molecule has 0 N–H and O–H groups in total. The first kappa shape index (κ1) is 10.5. The number of alkyl halides is 2. The molecule has 8 heteroatoms. The summed E-state index contributed by atoms with van der Waals surface area (Å²) in [7, 11) is 0. The van der Waals surface area contributed by atoms with E-state index in [0.29, 0.717) is 11.8 Å². The third kappa shape index (κ3) is 4.53. The molecule has 4 rings (SSSR count). The highest BCUT2D eigenvalue weighted by Crippen LogP contribution is 2.31. The molecule has 0 bridgehead atoms. The van der Waals surface area contributed by atoms with Crippen molar-refractivity contribution >= 4 is 5.91 Å². The van der Waals surface area contributed by atoms with Crippen LogP contribution in [-0.4, -0.2) is 40.0 Å². The van der Waals surface area contributed by atoms with Crippen LogP contribution in [0.1, 0.15) is 38.2 Å². The third-order valence-corrected chi connectivity index (χ3v) is 3.68. The van der Waals surface area contributed by atoms with Crippen molar-refractivity contribution in [2.75, 3.05) is 13.2 Å². The monoisotopic (exact) mass is 422 g/mol. The Bertz CT molecular complexity index is 1580. The van der Waals surface area contributed by atoms with Crippen molar-refractivity contribution < 1.29 is 38.1 Å². The summed E-state index contributed by atoms with van der Waals surface area (Å²) in [5.74, 6) is -3.53. The van der Waals surface area contributed by atoms with E-state index in [1.165, 1.54) is 0 Å². The zero-order chi connectivity index (χ0) is 30.8. The minimum absolute atomic E-state index is 0.365. The normalized spacial score (nSPS) is 19.6. The number of ether oxygens (including phenoxy) is 2. The van der Waals surface area contributed by atoms with Crippen LogP contribution < -0.4 is 9.47 Å². The maximum Gasteiger partial charge on any atom is 0.394 e. The van der Waals surface area contributed by atoms with E-state index in [1.54, 1.807) is 0 Å². The second kappa shape index (κ2) is 8.06. The van der Waals surface area contributed by atoms with Crippen molar-refractivity contribution in [1.82, 2.24) is 14.9 Å². The minimum atomic E-state index is -3.79. The number of carbonyl (C=O) groups excluding carboxylic acids is 1. The molecule has 2 aromatic carbocycles. The molecule has 1 aliphatic rings. The first-order valence-electron chi connectivity index (χ1n) is 14.0. The van der Waals surface area contributed by atoms with Crippen LogP contribution in [0.4, 0.5) is 8.78 Å². The van der Waals surface area contributed by atoms with E-state index < -0.39 is 120 Å². The molecular weight excluding hydrogens is 392 g/mol. The molecule has 0 radical (unpaired) electrons. The van der Waals surface area contributed by atoms with E-state index in [0.717, 1.165) is 6.07 Å². The van der Waals surface area contributed by atoms with Gasteiger partial charge in [0.05, 0.1) is 33.7 Å². The van der Waals surface area contributed by atoms with Gasteiger partial charge in [0.2, 0.25) is 0 Å². The second-order valence-electron chi connectivity index (χ2n) is 5.96. The first-order valence-corrected chi connectivity index (χ1v) is 8.47. The number of benzene rings is 2. The molecule has 0 atom stereocenters. The lowest BCUT2D eigenvalue weighted by atomic mass is 10.0. The number of halogens is 2. The molecule has 1 amide bonds. The van der Waals surface area contributed by atoms with Gasteiger partial charge in [0.1, 0.15) is 23.9 Å². The Morgan fingerprint density at radius 2 is 2.00 bits per heavy atom. The molecule has 154 valence electrons. The molecule has 0 saturated carbocycles. The van der Waals surface area contributed by atoms with Gasteiger partial charge in [-0.3, -0.25) is 4.79 Å². The van der Waals surface area contributed by atoms with E-state index in [1.807, 2.05) is 0 Å². The van der Waals surface area contributed by atoms with Crippen molar-refractivity contribution in [3.63, 3.8) is 0 Å². The Morgan fingerprint density at radius 3 is 2.77 bits per heavy atom. The van der Waals surface area contributed by atoms with Crippen LogP contribution in [0.3, 0.4) is 0 Å². The number of rotatable bonds is 5. The predicted molar refractivity (Wildman–Crippen MR) is 105 cm³/mol. The van der Waals surface area contributed by atoms with Gasteiger partial charge in [-0.1, -0.05) is 18.2 Å². The molecule has 1 aliphatic heterocycles. The first-order chi connectivity index (χ1) is 18.9. The summed E-state index contributed by atoms with van der Waals surface area (Å²) in [6.07, 6.45) is -5.34. The molecule has 0 unspecified atom stereocenters. The van der Waals surface area contributed by atoms with Gasteiger partial charge in [0, 0.05) is 19.3 Å². The Labute approximate surface area is 187 Å². The summed E-state index contributed by atoms with van der Waals surface area (Å²) in [5, 5.41) is 0. The Hall–Kier alpha value is -3.55. The molecule has 30 heavy (non-hydrogen) atoms. The van der Waals surface area contributed by atoms with Crippen molar-refractivity contribution in [3.8, 4) is 22.6 Å². The van der Waals surface area contributed by atoms with Crippen molar-refractivity contribution in [2.24, 2.45) is 0 Å². The zero-order valence-corrected chi connectivity index (χ0v) is 15.3. The van der Waals surface area contributed by atoms with Gasteiger partial charge in [-0.25, -0.2) is 9.97 Å². The van der Waals surface area contributed by atoms with Gasteiger partial charge in [0.25, 0.3) is 5.91 Å². The molecule has 0 fully saturated rings. The van der Waals surface area contributed by atoms with Crippen LogP contribution in [0, 0.1) is 0 Å². The average molecular weight is 422 g/mol. The molecule has 0 aliphatic carbocycles. The highest BCUT2D eigenvalue weighted by molar-refractivity contribution is 5.98. The van der Waals surface area contributed by atoms with E-state index >= 15 is 0 Å². The van der Waals surface area contributed by atoms with Crippen molar-refractivity contribution in [3.05, 3.63) is 72.1 Å². The summed E-state index contributed by atoms with van der Waals surface area (Å²) >= 11 is 0. The largest absolute Gasteiger partial charge is 0.491 e. The Balaban J connectivity index is 1.92. The fraction of sp³-hybridized carbons (Fsp3) is 0.227. The van der Waals surface area contributed by atoms with Crippen LogP contribution in [0.5, 0.6) is 11.5 Å². The summed E-state index contributed by atoms with van der Waals surface area (Å²) in [5.41, 5.74) is -1.79. The lowest BCUT2D eigenvalue weighted by molar-refractivity contribution is -0.158. The standard InChI is InChI=1S/C22H19F2N3O3/c1-22(23,24)30-17-6-3-15(4-7-17)16-5-8-19-18(13-16)21(28)27(11-12-29-19)14-20-25-9-2-10-26-20/h2-10,13H,11-12,14H2,1H3/i2D,3D,5D,6D,7D,8D,9D,10D,13D,14D2. The van der Waals surface area contributed by atoms with Crippen LogP contribution in [-0.2, 0) is 6.50 Å². The number of carbonyl (C=O) groups is 1. The highest BCUT2D eigenvalue weighted by atomic mass is 19.3. The van der Waals surface area contributed by atoms with Gasteiger partial charge in [-0.05, 0) is 41.3 Å². The van der Waals surface area contributed by atoms with Crippen LogP contribution >= 0.6 is 0 Å². The zero-order valence-electron chi connectivity index (χ0n) is 26.3. The topological polar surface area (TPSA) is 64.6 Å². The number of fused-ring (bicyclic) bond motifs is 1. The number of hydrogen-bond donors (Lipinski definition) is 0. The van der Waals surface area contributed by atoms with Crippen LogP contribution in [0.2, 0.25) is 0 Å². The van der Waals surface area contributed by atoms with E-state index in [4.69, 9.17) is 19.8 Å². The molecule has 2 heterocycles. The summed E-state index contributed by atoms with van der Waals surface area (Å²) in [4.78, 5) is 21.4. The van der Waals surface area contributed by atoms with Gasteiger partial charge in [-0.2, -0.15) is 8.78 Å². The Kier molecular flexibility index (Phi) is 2.81. The van der Waals surface area contributed by atoms with Gasteiger partial charge in [0.15, 0.2) is 0 Å².